The van der Waals surface area contributed by atoms with E-state index in [-0.39, 0.29) is 11.8 Å². The highest BCUT2D eigenvalue weighted by Gasteiger charge is 2.28. The van der Waals surface area contributed by atoms with Crippen molar-refractivity contribution in [2.24, 2.45) is 0 Å². The van der Waals surface area contributed by atoms with E-state index in [1.807, 2.05) is 41.3 Å². The number of benzene rings is 2. The van der Waals surface area contributed by atoms with Crippen LogP contribution >= 0.6 is 0 Å². The first kappa shape index (κ1) is 17.3. The van der Waals surface area contributed by atoms with Crippen molar-refractivity contribution in [3.63, 3.8) is 0 Å². The molecule has 1 heterocycles. The number of methoxy groups -OCH3 is 1. The molecule has 0 bridgehead atoms. The third-order valence-electron chi connectivity index (χ3n) is 4.93. The normalized spacial score (nSPS) is 15.8. The Morgan fingerprint density at radius 1 is 1.00 bits per heavy atom. The first-order chi connectivity index (χ1) is 12.2. The van der Waals surface area contributed by atoms with Gasteiger partial charge in [0.05, 0.1) is 18.7 Å². The molecule has 1 aliphatic heterocycles. The van der Waals surface area contributed by atoms with Crippen molar-refractivity contribution in [3.8, 4) is 5.75 Å². The van der Waals surface area contributed by atoms with Crippen LogP contribution in [0.1, 0.15) is 24.8 Å². The van der Waals surface area contributed by atoms with Gasteiger partial charge in [-0.15, -0.1) is 0 Å². The second kappa shape index (κ2) is 8.06. The summed E-state index contributed by atoms with van der Waals surface area (Å²) in [4.78, 5) is 17.3. The van der Waals surface area contributed by atoms with Crippen LogP contribution in [0.25, 0.3) is 0 Å². The molecular formula is C21H26N2O2. The van der Waals surface area contributed by atoms with Crippen molar-refractivity contribution < 1.29 is 9.53 Å². The summed E-state index contributed by atoms with van der Waals surface area (Å²) in [6.45, 7) is 5.25. The number of carbonyl (C=O) groups is 1. The fraction of sp³-hybridized carbons (Fsp3) is 0.381. The topological polar surface area (TPSA) is 32.8 Å². The number of hydrogen-bond donors (Lipinski definition) is 0. The lowest BCUT2D eigenvalue weighted by molar-refractivity contribution is -0.133. The summed E-state index contributed by atoms with van der Waals surface area (Å²) in [5.74, 6) is 1.09. The molecule has 0 radical (unpaired) electrons. The van der Waals surface area contributed by atoms with Gasteiger partial charge in [0.1, 0.15) is 5.75 Å². The van der Waals surface area contributed by atoms with E-state index in [2.05, 4.69) is 30.0 Å². The van der Waals surface area contributed by atoms with Crippen LogP contribution in [-0.4, -0.2) is 44.1 Å². The Labute approximate surface area is 150 Å². The average molecular weight is 338 g/mol. The highest BCUT2D eigenvalue weighted by atomic mass is 16.5. The van der Waals surface area contributed by atoms with Crippen LogP contribution in [-0.2, 0) is 4.79 Å². The number of para-hydroxylation sites is 2. The molecule has 1 fully saturated rings. The number of piperazine rings is 1. The van der Waals surface area contributed by atoms with E-state index in [1.165, 1.54) is 0 Å². The summed E-state index contributed by atoms with van der Waals surface area (Å²) in [5.41, 5.74) is 2.22. The molecule has 0 unspecified atom stereocenters. The SMILES string of the molecule is CC[C@H](C(=O)N1CCN(c2ccccc2OC)CC1)c1ccccc1. The smallest absolute Gasteiger partial charge is 0.230 e. The van der Waals surface area contributed by atoms with Crippen molar-refractivity contribution in [1.29, 1.82) is 0 Å². The van der Waals surface area contributed by atoms with E-state index in [0.717, 1.165) is 49.6 Å². The fourth-order valence-electron chi connectivity index (χ4n) is 3.52. The standard InChI is InChI=1S/C21H26N2O2/c1-3-18(17-9-5-4-6-10-17)21(24)23-15-13-22(14-16-23)19-11-7-8-12-20(19)25-2/h4-12,18H,3,13-16H2,1-2H3/t18-/m0/s1. The van der Waals surface area contributed by atoms with Gasteiger partial charge in [0.25, 0.3) is 0 Å². The van der Waals surface area contributed by atoms with Crippen LogP contribution in [0.2, 0.25) is 0 Å². The van der Waals surface area contributed by atoms with Gasteiger partial charge in [-0.2, -0.15) is 0 Å². The molecule has 132 valence electrons. The molecule has 1 amide bonds. The number of ether oxygens (including phenoxy) is 1. The lowest BCUT2D eigenvalue weighted by Gasteiger charge is -2.38. The minimum absolute atomic E-state index is 0.0426. The first-order valence-corrected chi connectivity index (χ1v) is 8.96. The summed E-state index contributed by atoms with van der Waals surface area (Å²) in [5, 5.41) is 0. The molecule has 0 N–H and O–H groups in total. The molecule has 2 aromatic carbocycles. The maximum Gasteiger partial charge on any atom is 0.230 e. The summed E-state index contributed by atoms with van der Waals surface area (Å²) in [7, 11) is 1.70. The minimum Gasteiger partial charge on any atom is -0.495 e. The van der Waals surface area contributed by atoms with Gasteiger partial charge in [-0.05, 0) is 24.1 Å². The van der Waals surface area contributed by atoms with Gasteiger partial charge < -0.3 is 14.5 Å². The Morgan fingerprint density at radius 3 is 2.28 bits per heavy atom. The van der Waals surface area contributed by atoms with Gasteiger partial charge in [-0.25, -0.2) is 0 Å². The summed E-state index contributed by atoms with van der Waals surface area (Å²) in [6, 6.07) is 18.2. The average Bonchev–Trinajstić information content (AvgIpc) is 2.69. The molecule has 3 rings (SSSR count). The molecule has 0 aromatic heterocycles. The number of hydrogen-bond acceptors (Lipinski definition) is 3. The van der Waals surface area contributed by atoms with Crippen LogP contribution in [0.5, 0.6) is 5.75 Å². The Hall–Kier alpha value is -2.49. The van der Waals surface area contributed by atoms with E-state index < -0.39 is 0 Å². The quantitative estimate of drug-likeness (QED) is 0.836. The Morgan fingerprint density at radius 2 is 1.64 bits per heavy atom. The van der Waals surface area contributed by atoms with Crippen molar-refractivity contribution in [2.45, 2.75) is 19.3 Å². The number of nitrogens with zero attached hydrogens (tertiary/aromatic N) is 2. The monoisotopic (exact) mass is 338 g/mol. The maximum absolute atomic E-state index is 13.0. The van der Waals surface area contributed by atoms with Gasteiger partial charge >= 0.3 is 0 Å². The van der Waals surface area contributed by atoms with Gasteiger partial charge in [0.2, 0.25) is 5.91 Å². The minimum atomic E-state index is -0.0426. The molecule has 0 saturated carbocycles. The molecule has 0 aliphatic carbocycles. The lowest BCUT2D eigenvalue weighted by atomic mass is 9.95. The maximum atomic E-state index is 13.0. The number of rotatable bonds is 5. The van der Waals surface area contributed by atoms with Crippen molar-refractivity contribution >= 4 is 11.6 Å². The van der Waals surface area contributed by atoms with E-state index in [0.29, 0.717) is 0 Å². The highest BCUT2D eigenvalue weighted by molar-refractivity contribution is 5.84. The van der Waals surface area contributed by atoms with Crippen molar-refractivity contribution in [3.05, 3.63) is 60.2 Å². The predicted octanol–water partition coefficient (Wildman–Crippen LogP) is 3.54. The molecule has 4 nitrogen and oxygen atoms in total. The van der Waals surface area contributed by atoms with Gasteiger partial charge in [0, 0.05) is 26.2 Å². The van der Waals surface area contributed by atoms with Crippen molar-refractivity contribution in [2.75, 3.05) is 38.2 Å². The Bertz CT molecular complexity index is 694. The summed E-state index contributed by atoms with van der Waals surface area (Å²) < 4.78 is 5.46. The molecule has 2 aromatic rings. The molecule has 0 spiro atoms. The Balaban J connectivity index is 1.66. The molecule has 1 saturated heterocycles. The van der Waals surface area contributed by atoms with E-state index in [9.17, 15) is 4.79 Å². The van der Waals surface area contributed by atoms with Crippen LogP contribution in [0, 0.1) is 0 Å². The molecular weight excluding hydrogens is 312 g/mol. The van der Waals surface area contributed by atoms with E-state index in [1.54, 1.807) is 7.11 Å². The zero-order valence-electron chi connectivity index (χ0n) is 15.0. The van der Waals surface area contributed by atoms with Gasteiger partial charge in [0.15, 0.2) is 0 Å². The second-order valence-corrected chi connectivity index (χ2v) is 6.36. The predicted molar refractivity (Wildman–Crippen MR) is 101 cm³/mol. The van der Waals surface area contributed by atoms with Crippen molar-refractivity contribution in [1.82, 2.24) is 4.90 Å². The third-order valence-corrected chi connectivity index (χ3v) is 4.93. The van der Waals surface area contributed by atoms with Gasteiger partial charge in [-0.3, -0.25) is 4.79 Å². The summed E-state index contributed by atoms with van der Waals surface area (Å²) in [6.07, 6.45) is 0.829. The molecule has 25 heavy (non-hydrogen) atoms. The zero-order chi connectivity index (χ0) is 17.6. The molecule has 4 heteroatoms. The summed E-state index contributed by atoms with van der Waals surface area (Å²) >= 11 is 0. The Kier molecular flexibility index (Phi) is 5.59. The largest absolute Gasteiger partial charge is 0.495 e. The highest BCUT2D eigenvalue weighted by Crippen LogP contribution is 2.29. The van der Waals surface area contributed by atoms with Crippen LogP contribution in [0.3, 0.4) is 0 Å². The van der Waals surface area contributed by atoms with E-state index in [4.69, 9.17) is 4.74 Å². The van der Waals surface area contributed by atoms with Gasteiger partial charge in [-0.1, -0.05) is 49.4 Å². The first-order valence-electron chi connectivity index (χ1n) is 8.96. The van der Waals surface area contributed by atoms with Crippen LogP contribution in [0.15, 0.2) is 54.6 Å². The number of anilines is 1. The van der Waals surface area contributed by atoms with Crippen LogP contribution in [0.4, 0.5) is 5.69 Å². The second-order valence-electron chi connectivity index (χ2n) is 6.36. The molecule has 1 aliphatic rings. The molecule has 1 atom stereocenters. The van der Waals surface area contributed by atoms with Crippen LogP contribution < -0.4 is 9.64 Å². The van der Waals surface area contributed by atoms with E-state index >= 15 is 0 Å². The lowest BCUT2D eigenvalue weighted by Crippen LogP contribution is -2.50. The zero-order valence-corrected chi connectivity index (χ0v) is 15.0. The fourth-order valence-corrected chi connectivity index (χ4v) is 3.52. The third kappa shape index (κ3) is 3.78. The number of amides is 1. The number of carbonyl (C=O) groups excluding carboxylic acids is 1.